The van der Waals surface area contributed by atoms with Crippen molar-refractivity contribution in [2.75, 3.05) is 0 Å². The van der Waals surface area contributed by atoms with Gasteiger partial charge in [0.15, 0.2) is 0 Å². The van der Waals surface area contributed by atoms with Crippen LogP contribution in [0.5, 0.6) is 0 Å². The molecule has 0 aromatic carbocycles. The molecule has 0 saturated heterocycles. The van der Waals surface area contributed by atoms with E-state index >= 15 is 0 Å². The van der Waals surface area contributed by atoms with Crippen molar-refractivity contribution in [3.8, 4) is 11.8 Å². The van der Waals surface area contributed by atoms with E-state index < -0.39 is 17.2 Å². The topological polar surface area (TPSA) is 80.7 Å². The fraction of sp³-hybridized carbons (Fsp3) is 0.200. The van der Waals surface area contributed by atoms with Crippen molar-refractivity contribution >= 4 is 37.5 Å². The molecule has 0 fully saturated rings. The molecule has 0 spiro atoms. The summed E-state index contributed by atoms with van der Waals surface area (Å²) in [7, 11) is 0. The highest BCUT2D eigenvalue weighted by atomic mass is 79.9. The van der Waals surface area contributed by atoms with Crippen LogP contribution in [0.25, 0.3) is 15.9 Å². The molecule has 24 heavy (non-hydrogen) atoms. The summed E-state index contributed by atoms with van der Waals surface area (Å²) in [5.74, 6) is -0.901. The molecule has 0 atom stereocenters. The van der Waals surface area contributed by atoms with Crippen LogP contribution in [0.15, 0.2) is 31.7 Å². The van der Waals surface area contributed by atoms with Gasteiger partial charge in [-0.3, -0.25) is 9.36 Å². The van der Waals surface area contributed by atoms with Crippen LogP contribution in [0, 0.1) is 24.2 Å². The molecular formula is C15H10BrFN4O2S. The highest BCUT2D eigenvalue weighted by Gasteiger charge is 2.19. The van der Waals surface area contributed by atoms with Gasteiger partial charge in [-0.15, -0.1) is 11.3 Å². The minimum atomic E-state index is -0.901. The zero-order valence-electron chi connectivity index (χ0n) is 12.4. The summed E-state index contributed by atoms with van der Waals surface area (Å²) in [6.45, 7) is 1.80. The van der Waals surface area contributed by atoms with Gasteiger partial charge in [0.25, 0.3) is 5.56 Å². The molecule has 0 aliphatic carbocycles. The van der Waals surface area contributed by atoms with E-state index in [1.165, 1.54) is 16.8 Å². The number of halogens is 2. The zero-order valence-corrected chi connectivity index (χ0v) is 14.8. The van der Waals surface area contributed by atoms with Crippen LogP contribution in [0.2, 0.25) is 0 Å². The maximum Gasteiger partial charge on any atom is 0.336 e. The van der Waals surface area contributed by atoms with E-state index in [0.717, 1.165) is 15.9 Å². The van der Waals surface area contributed by atoms with Crippen LogP contribution in [0.1, 0.15) is 12.0 Å². The second-order valence-corrected chi connectivity index (χ2v) is 7.50. The predicted molar refractivity (Wildman–Crippen MR) is 92.1 cm³/mol. The number of aromatic nitrogens is 3. The molecule has 3 aromatic heterocycles. The summed E-state index contributed by atoms with van der Waals surface area (Å²) in [6.07, 6.45) is 1.41. The van der Waals surface area contributed by atoms with Gasteiger partial charge in [-0.2, -0.15) is 9.65 Å². The number of aryl methyl sites for hydroxylation is 2. The van der Waals surface area contributed by atoms with Gasteiger partial charge < -0.3 is 0 Å². The maximum atomic E-state index is 14.1. The van der Waals surface area contributed by atoms with E-state index in [1.807, 2.05) is 6.07 Å². The Hall–Kier alpha value is -2.31. The monoisotopic (exact) mass is 408 g/mol. The normalized spacial score (nSPS) is 10.9. The van der Waals surface area contributed by atoms with E-state index in [9.17, 15) is 14.0 Å². The zero-order chi connectivity index (χ0) is 17.4. The van der Waals surface area contributed by atoms with E-state index in [0.29, 0.717) is 19.6 Å². The second-order valence-electron chi connectivity index (χ2n) is 5.07. The molecule has 0 saturated carbocycles. The Kier molecular flexibility index (Phi) is 4.34. The van der Waals surface area contributed by atoms with Crippen LogP contribution in [0.4, 0.5) is 4.39 Å². The number of hydrogen-bond acceptors (Lipinski definition) is 5. The van der Waals surface area contributed by atoms with Gasteiger partial charge in [0.05, 0.1) is 21.8 Å². The van der Waals surface area contributed by atoms with Crippen LogP contribution >= 0.6 is 27.3 Å². The van der Waals surface area contributed by atoms with Gasteiger partial charge in [0.1, 0.15) is 10.4 Å². The molecule has 9 heteroatoms. The lowest BCUT2D eigenvalue weighted by Crippen LogP contribution is -2.39. The Morgan fingerprint density at radius 1 is 1.42 bits per heavy atom. The molecule has 0 amide bonds. The molecule has 0 radical (unpaired) electrons. The Bertz CT molecular complexity index is 1110. The molecule has 3 heterocycles. The first-order chi connectivity index (χ1) is 11.4. The first kappa shape index (κ1) is 16.5. The van der Waals surface area contributed by atoms with Crippen molar-refractivity contribution in [2.45, 2.75) is 19.9 Å². The van der Waals surface area contributed by atoms with Gasteiger partial charge in [-0.05, 0) is 40.5 Å². The fourth-order valence-electron chi connectivity index (χ4n) is 2.40. The summed E-state index contributed by atoms with van der Waals surface area (Å²) < 4.78 is 17.2. The SMILES string of the molecule is Cc1cnc(F)c(-n2c(=O)c3sc(Br)cc3n(CCC#N)c2=O)c1. The average Bonchev–Trinajstić information content (AvgIpc) is 2.92. The van der Waals surface area contributed by atoms with Crippen molar-refractivity contribution in [1.82, 2.24) is 14.1 Å². The van der Waals surface area contributed by atoms with E-state index in [2.05, 4.69) is 20.9 Å². The molecular weight excluding hydrogens is 399 g/mol. The highest BCUT2D eigenvalue weighted by Crippen LogP contribution is 2.27. The Morgan fingerprint density at radius 2 is 2.17 bits per heavy atom. The van der Waals surface area contributed by atoms with Crippen molar-refractivity contribution in [2.24, 2.45) is 0 Å². The van der Waals surface area contributed by atoms with E-state index in [-0.39, 0.29) is 18.7 Å². The molecule has 3 rings (SSSR count). The summed E-state index contributed by atoms with van der Waals surface area (Å²) in [5.41, 5.74) is -0.449. The smallest absolute Gasteiger partial charge is 0.291 e. The van der Waals surface area contributed by atoms with Gasteiger partial charge in [0.2, 0.25) is 5.95 Å². The molecule has 0 aliphatic heterocycles. The number of hydrogen-bond donors (Lipinski definition) is 0. The molecule has 0 aliphatic rings. The maximum absolute atomic E-state index is 14.1. The highest BCUT2D eigenvalue weighted by molar-refractivity contribution is 9.11. The third-order valence-corrected chi connectivity index (χ3v) is 5.05. The van der Waals surface area contributed by atoms with Crippen LogP contribution < -0.4 is 11.2 Å². The summed E-state index contributed by atoms with van der Waals surface area (Å²) in [6, 6.07) is 5.01. The van der Waals surface area contributed by atoms with E-state index in [1.54, 1.807) is 13.0 Å². The average molecular weight is 409 g/mol. The Labute approximate surface area is 147 Å². The third-order valence-electron chi connectivity index (χ3n) is 3.44. The Morgan fingerprint density at radius 3 is 2.88 bits per heavy atom. The van der Waals surface area contributed by atoms with Crippen LogP contribution in [-0.4, -0.2) is 14.1 Å². The standard InChI is InChI=1S/C15H10BrFN4O2S/c1-8-5-10(13(17)19-7-8)21-14(22)12-9(6-11(16)24-12)20(15(21)23)4-2-3-18/h5-7H,2,4H2,1H3. The number of nitrogens with zero attached hydrogens (tertiary/aromatic N) is 4. The first-order valence-electron chi connectivity index (χ1n) is 6.88. The first-order valence-corrected chi connectivity index (χ1v) is 8.49. The number of rotatable bonds is 3. The minimum Gasteiger partial charge on any atom is -0.291 e. The summed E-state index contributed by atoms with van der Waals surface area (Å²) >= 11 is 4.45. The Balaban J connectivity index is 2.45. The van der Waals surface area contributed by atoms with Gasteiger partial charge in [-0.25, -0.2) is 14.3 Å². The third kappa shape index (κ3) is 2.68. The fourth-order valence-corrected chi connectivity index (χ4v) is 3.92. The molecule has 6 nitrogen and oxygen atoms in total. The number of fused-ring (bicyclic) bond motifs is 1. The van der Waals surface area contributed by atoms with Crippen molar-refractivity contribution in [3.63, 3.8) is 0 Å². The van der Waals surface area contributed by atoms with Gasteiger partial charge >= 0.3 is 5.69 Å². The van der Waals surface area contributed by atoms with Crippen molar-refractivity contribution in [1.29, 1.82) is 5.26 Å². The minimum absolute atomic E-state index is 0.0925. The molecule has 0 bridgehead atoms. The van der Waals surface area contributed by atoms with Crippen molar-refractivity contribution < 1.29 is 4.39 Å². The summed E-state index contributed by atoms with van der Waals surface area (Å²) in [4.78, 5) is 29.1. The number of thiophene rings is 1. The predicted octanol–water partition coefficient (Wildman–Crippen LogP) is 2.73. The summed E-state index contributed by atoms with van der Waals surface area (Å²) in [5, 5.41) is 8.81. The van der Waals surface area contributed by atoms with Gasteiger partial charge in [0, 0.05) is 12.7 Å². The van der Waals surface area contributed by atoms with E-state index in [4.69, 9.17) is 5.26 Å². The lowest BCUT2D eigenvalue weighted by atomic mass is 10.3. The molecule has 3 aromatic rings. The molecule has 0 N–H and O–H groups in total. The number of nitriles is 1. The largest absolute Gasteiger partial charge is 0.336 e. The number of pyridine rings is 1. The molecule has 0 unspecified atom stereocenters. The quantitative estimate of drug-likeness (QED) is 0.623. The van der Waals surface area contributed by atoms with Crippen LogP contribution in [-0.2, 0) is 6.54 Å². The van der Waals surface area contributed by atoms with Crippen molar-refractivity contribution in [3.05, 3.63) is 54.5 Å². The lowest BCUT2D eigenvalue weighted by molar-refractivity contribution is 0.564. The van der Waals surface area contributed by atoms with Crippen LogP contribution in [0.3, 0.4) is 0 Å². The molecule has 122 valence electrons. The lowest BCUT2D eigenvalue weighted by Gasteiger charge is -2.11. The van der Waals surface area contributed by atoms with Gasteiger partial charge in [-0.1, -0.05) is 0 Å². The second kappa shape index (κ2) is 6.30.